The Balaban J connectivity index is 1.41. The van der Waals surface area contributed by atoms with Crippen LogP contribution < -0.4 is 16.6 Å². The Morgan fingerprint density at radius 3 is 2.44 bits per heavy atom. The Morgan fingerprint density at radius 2 is 1.79 bits per heavy atom. The second-order valence-electron chi connectivity index (χ2n) is 10.7. The summed E-state index contributed by atoms with van der Waals surface area (Å²) in [6, 6.07) is 8.90. The molecule has 0 bridgehead atoms. The van der Waals surface area contributed by atoms with Gasteiger partial charge in [0.2, 0.25) is 11.0 Å². The van der Waals surface area contributed by atoms with E-state index in [1.807, 2.05) is 6.92 Å². The number of nitrogens with one attached hydrogen (secondary N) is 1. The van der Waals surface area contributed by atoms with Crippen molar-refractivity contribution in [3.8, 4) is 5.69 Å². The Hall–Kier alpha value is -4.17. The molecule has 1 N–H and O–H groups in total. The molecule has 1 aliphatic heterocycles. The molecule has 0 saturated carbocycles. The highest BCUT2D eigenvalue weighted by Gasteiger charge is 2.41. The van der Waals surface area contributed by atoms with E-state index < -0.39 is 51.0 Å². The lowest BCUT2D eigenvalue weighted by Crippen LogP contribution is -2.47. The number of fused-ring (bicyclic) bond motifs is 1. The predicted octanol–water partition coefficient (Wildman–Crippen LogP) is 4.12. The number of amides is 1. The van der Waals surface area contributed by atoms with Crippen molar-refractivity contribution in [1.82, 2.24) is 18.8 Å². The minimum atomic E-state index is -4.57. The molecule has 1 fully saturated rings. The van der Waals surface area contributed by atoms with Crippen molar-refractivity contribution in [3.05, 3.63) is 92.3 Å². The summed E-state index contributed by atoms with van der Waals surface area (Å²) < 4.78 is 74.7. The van der Waals surface area contributed by atoms with Gasteiger partial charge in [-0.25, -0.2) is 13.2 Å². The first-order valence-corrected chi connectivity index (χ1v) is 15.0. The number of sulfonamides is 1. The van der Waals surface area contributed by atoms with Gasteiger partial charge >= 0.3 is 11.9 Å². The molecule has 0 aliphatic carbocycles. The molecule has 5 rings (SSSR count). The maximum absolute atomic E-state index is 13.5. The third kappa shape index (κ3) is 5.76. The van der Waals surface area contributed by atoms with Crippen molar-refractivity contribution in [2.75, 3.05) is 6.54 Å². The van der Waals surface area contributed by atoms with Crippen LogP contribution in [0.4, 0.5) is 13.2 Å². The van der Waals surface area contributed by atoms with Crippen LogP contribution in [-0.4, -0.2) is 40.4 Å². The number of carbonyl (C=O) groups is 1. The van der Waals surface area contributed by atoms with E-state index in [2.05, 4.69) is 5.32 Å². The van der Waals surface area contributed by atoms with Gasteiger partial charge in [0.1, 0.15) is 11.6 Å². The summed E-state index contributed by atoms with van der Waals surface area (Å²) in [6.45, 7) is 4.81. The normalized spacial score (nSPS) is 16.3. The number of hydrogen-bond acceptors (Lipinski definition) is 6. The number of alkyl halides is 3. The fraction of sp³-hybridized carbons (Fsp3) is 0.345. The summed E-state index contributed by atoms with van der Waals surface area (Å²) in [5.41, 5.74) is -0.940. The molecule has 2 aromatic carbocycles. The van der Waals surface area contributed by atoms with E-state index in [1.165, 1.54) is 12.3 Å². The van der Waals surface area contributed by atoms with Crippen LogP contribution in [0.1, 0.15) is 49.4 Å². The largest absolute Gasteiger partial charge is 0.443 e. The van der Waals surface area contributed by atoms with Gasteiger partial charge in [-0.1, -0.05) is 11.6 Å². The van der Waals surface area contributed by atoms with E-state index in [0.717, 1.165) is 43.3 Å². The minimum Gasteiger partial charge on any atom is -0.443 e. The molecule has 1 amide bonds. The second-order valence-corrected chi connectivity index (χ2v) is 12.5. The molecule has 0 spiro atoms. The number of aromatic nitrogens is 2. The Bertz CT molecular complexity index is 1920. The molecule has 228 valence electrons. The lowest BCUT2D eigenvalue weighted by molar-refractivity contribution is -0.137. The molecule has 1 aliphatic rings. The third-order valence-corrected chi connectivity index (χ3v) is 9.12. The molecule has 1 saturated heterocycles. The molecule has 4 aromatic rings. The number of hydrogen-bond donors (Lipinski definition) is 1. The first kappa shape index (κ1) is 30.3. The smallest absolute Gasteiger partial charge is 0.416 e. The van der Waals surface area contributed by atoms with Crippen LogP contribution in [-0.2, 0) is 27.5 Å². The highest BCUT2D eigenvalue weighted by molar-refractivity contribution is 7.89. The van der Waals surface area contributed by atoms with Crippen LogP contribution in [0.5, 0.6) is 0 Å². The van der Waals surface area contributed by atoms with Crippen LogP contribution >= 0.6 is 0 Å². The molecule has 1 atom stereocenters. The molecular formula is C29H29F3N4O6S. The molecule has 14 heteroatoms. The van der Waals surface area contributed by atoms with Crippen LogP contribution in [0, 0.1) is 6.92 Å². The molecular weight excluding hydrogens is 589 g/mol. The van der Waals surface area contributed by atoms with Crippen molar-refractivity contribution >= 4 is 26.9 Å². The van der Waals surface area contributed by atoms with E-state index in [1.54, 1.807) is 32.0 Å². The van der Waals surface area contributed by atoms with Crippen LogP contribution in [0.2, 0.25) is 0 Å². The lowest BCUT2D eigenvalue weighted by Gasteiger charge is -2.22. The van der Waals surface area contributed by atoms with Crippen molar-refractivity contribution in [3.63, 3.8) is 0 Å². The van der Waals surface area contributed by atoms with Gasteiger partial charge in [-0.15, -0.1) is 0 Å². The van der Waals surface area contributed by atoms with Gasteiger partial charge in [0.05, 0.1) is 16.8 Å². The molecule has 0 radical (unpaired) electrons. The minimum absolute atomic E-state index is 0.0124. The van der Waals surface area contributed by atoms with Crippen molar-refractivity contribution in [1.29, 1.82) is 0 Å². The van der Waals surface area contributed by atoms with E-state index in [-0.39, 0.29) is 35.9 Å². The average Bonchev–Trinajstić information content (AvgIpc) is 3.60. The van der Waals surface area contributed by atoms with Crippen LogP contribution in [0.3, 0.4) is 0 Å². The van der Waals surface area contributed by atoms with Crippen LogP contribution in [0.25, 0.3) is 16.7 Å². The lowest BCUT2D eigenvalue weighted by atomic mass is 10.2. The fourth-order valence-electron chi connectivity index (χ4n) is 5.17. The van der Waals surface area contributed by atoms with Crippen molar-refractivity contribution < 1.29 is 30.8 Å². The maximum atomic E-state index is 13.5. The first-order chi connectivity index (χ1) is 20.2. The highest BCUT2D eigenvalue weighted by Crippen LogP contribution is 2.31. The highest BCUT2D eigenvalue weighted by atomic mass is 32.2. The SMILES string of the molecule is Cc1ccc2oc(S(=O)(=O)N3CCC[C@H]3C(=O)NCc3cn(-c4ccc(C(F)(F)F)cc4)c(=O)n(C(C)C)c3=O)cc2c1. The second kappa shape index (κ2) is 11.2. The van der Waals surface area contributed by atoms with E-state index in [9.17, 15) is 36.0 Å². The van der Waals surface area contributed by atoms with Gasteiger partial charge in [-0.2, -0.15) is 17.5 Å². The van der Waals surface area contributed by atoms with Crippen molar-refractivity contribution in [2.24, 2.45) is 0 Å². The zero-order valence-electron chi connectivity index (χ0n) is 23.5. The quantitative estimate of drug-likeness (QED) is 0.333. The fourth-order valence-corrected chi connectivity index (χ4v) is 6.78. The number of halogens is 3. The van der Waals surface area contributed by atoms with Gasteiger partial charge in [0.25, 0.3) is 15.6 Å². The average molecular weight is 619 g/mol. The maximum Gasteiger partial charge on any atom is 0.416 e. The Morgan fingerprint density at radius 1 is 1.09 bits per heavy atom. The summed E-state index contributed by atoms with van der Waals surface area (Å²) in [5, 5.41) is 2.94. The van der Waals surface area contributed by atoms with E-state index in [4.69, 9.17) is 4.42 Å². The van der Waals surface area contributed by atoms with Gasteiger partial charge in [-0.05, 0) is 70.0 Å². The van der Waals surface area contributed by atoms with E-state index >= 15 is 0 Å². The Labute approximate surface area is 244 Å². The van der Waals surface area contributed by atoms with E-state index in [0.29, 0.717) is 17.4 Å². The summed E-state index contributed by atoms with van der Waals surface area (Å²) in [7, 11) is -4.16. The van der Waals surface area contributed by atoms with Gasteiger partial charge < -0.3 is 9.73 Å². The van der Waals surface area contributed by atoms with Gasteiger partial charge in [0, 0.05) is 36.8 Å². The number of furan rings is 1. The Kier molecular flexibility index (Phi) is 7.86. The number of rotatable bonds is 7. The number of carbonyl (C=O) groups excluding carboxylic acids is 1. The molecule has 0 unspecified atom stereocenters. The molecule has 3 heterocycles. The summed E-state index contributed by atoms with van der Waals surface area (Å²) in [6.07, 6.45) is -2.73. The molecule has 10 nitrogen and oxygen atoms in total. The molecule has 2 aromatic heterocycles. The predicted molar refractivity (Wildman–Crippen MR) is 151 cm³/mol. The van der Waals surface area contributed by atoms with Crippen LogP contribution in [0.15, 0.2) is 73.8 Å². The monoisotopic (exact) mass is 618 g/mol. The first-order valence-electron chi connectivity index (χ1n) is 13.5. The summed E-state index contributed by atoms with van der Waals surface area (Å²) in [4.78, 5) is 39.6. The summed E-state index contributed by atoms with van der Waals surface area (Å²) in [5.74, 6) is -0.643. The standard InChI is InChI=1S/C29H29F3N4O6S/c1-17(2)36-27(38)20(16-34(28(36)39)22-9-7-21(8-10-22)29(30,31)32)15-33-26(37)23-5-4-12-35(23)43(40,41)25-14-19-13-18(3)6-11-24(19)42-25/h6-11,13-14,16-17,23H,4-5,12,15H2,1-3H3,(H,33,37)/t23-/m0/s1. The topological polar surface area (TPSA) is 124 Å². The summed E-state index contributed by atoms with van der Waals surface area (Å²) >= 11 is 0. The number of nitrogens with zero attached hydrogens (tertiary/aromatic N) is 3. The molecule has 43 heavy (non-hydrogen) atoms. The van der Waals surface area contributed by atoms with Gasteiger partial charge in [0.15, 0.2) is 0 Å². The number of benzene rings is 2. The zero-order valence-corrected chi connectivity index (χ0v) is 24.3. The van der Waals surface area contributed by atoms with Crippen molar-refractivity contribution in [2.45, 2.75) is 63.5 Å². The zero-order chi connectivity index (χ0) is 31.3. The number of aryl methyl sites for hydroxylation is 1. The van der Waals surface area contributed by atoms with Gasteiger partial charge in [-0.3, -0.25) is 18.7 Å². The third-order valence-electron chi connectivity index (χ3n) is 7.35.